The van der Waals surface area contributed by atoms with Crippen molar-refractivity contribution >= 4 is 24.6 Å². The minimum Gasteiger partial charge on any atom is -0.756 e. The van der Waals surface area contributed by atoms with E-state index in [0.717, 1.165) is 76.8 Å². The Hall–Kier alpha value is -4.77. The number of halogens is 2. The van der Waals surface area contributed by atoms with Gasteiger partial charge in [0.1, 0.15) is 23.9 Å². The third-order valence-electron chi connectivity index (χ3n) is 10.7. The second-order valence-corrected chi connectivity index (χ2v) is 18.5. The van der Waals surface area contributed by atoms with Crippen LogP contribution in [0, 0.1) is 17.6 Å². The molecule has 2 unspecified atom stereocenters. The van der Waals surface area contributed by atoms with E-state index in [1.807, 2.05) is 34.0 Å². The molecule has 0 bridgehead atoms. The van der Waals surface area contributed by atoms with Gasteiger partial charge in [-0.15, -0.1) is 0 Å². The number of phosphoric acid groups is 1. The number of nitrogens with zero attached hydrogens (tertiary/aromatic N) is 3. The molecule has 5 aromatic rings. The number of quaternary nitrogens is 1. The van der Waals surface area contributed by atoms with Crippen LogP contribution < -0.4 is 25.0 Å². The number of carbonyl (C=O) groups excluding carboxylic acids is 1. The van der Waals surface area contributed by atoms with E-state index in [1.165, 1.54) is 5.56 Å². The zero-order valence-electron chi connectivity index (χ0n) is 37.8. The van der Waals surface area contributed by atoms with Crippen LogP contribution >= 0.6 is 7.82 Å². The fraction of sp³-hybridized carbons (Fsp3) is 0.458. The maximum Gasteiger partial charge on any atom is 0.268 e. The van der Waals surface area contributed by atoms with Gasteiger partial charge in [-0.1, -0.05) is 63.1 Å². The van der Waals surface area contributed by atoms with Crippen molar-refractivity contribution in [2.24, 2.45) is 5.92 Å². The van der Waals surface area contributed by atoms with Crippen LogP contribution in [0.15, 0.2) is 85.1 Å². The fourth-order valence-corrected chi connectivity index (χ4v) is 7.50. The summed E-state index contributed by atoms with van der Waals surface area (Å²) in [7, 11) is -1.19. The predicted molar refractivity (Wildman–Crippen MR) is 243 cm³/mol. The highest BCUT2D eigenvalue weighted by atomic mass is 31.2. The quantitative estimate of drug-likeness (QED) is 0.0159. The first-order valence-electron chi connectivity index (χ1n) is 22.2. The molecular formula is C48H64F2N5O9P. The molecule has 354 valence electrons. The van der Waals surface area contributed by atoms with Gasteiger partial charge in [-0.05, 0) is 92.1 Å². The number of amides is 1. The van der Waals surface area contributed by atoms with Crippen molar-refractivity contribution in [3.05, 3.63) is 119 Å². The number of carbonyl (C=O) groups is 1. The van der Waals surface area contributed by atoms with Gasteiger partial charge in [0.2, 0.25) is 0 Å². The molecule has 0 fully saturated rings. The minimum atomic E-state index is -5.04. The van der Waals surface area contributed by atoms with Gasteiger partial charge >= 0.3 is 0 Å². The Balaban J connectivity index is 1.14. The molecule has 14 nitrogen and oxygen atoms in total. The molecular weight excluding hydrogens is 860 g/mol. The molecule has 65 heavy (non-hydrogen) atoms. The summed E-state index contributed by atoms with van der Waals surface area (Å²) in [6.07, 6.45) is 8.10. The van der Waals surface area contributed by atoms with Gasteiger partial charge in [0.15, 0.2) is 18.4 Å². The first-order chi connectivity index (χ1) is 31.1. The van der Waals surface area contributed by atoms with E-state index in [9.17, 15) is 28.1 Å². The third-order valence-corrected chi connectivity index (χ3v) is 11.1. The van der Waals surface area contributed by atoms with Gasteiger partial charge in [-0.2, -0.15) is 5.10 Å². The fourth-order valence-electron chi connectivity index (χ4n) is 7.31. The molecule has 17 heteroatoms. The Labute approximate surface area is 380 Å². The molecule has 0 aliphatic heterocycles. The maximum atomic E-state index is 14.7. The summed E-state index contributed by atoms with van der Waals surface area (Å²) in [6, 6.07) is 21.8. The number of phosphoric ester groups is 1. The first-order valence-corrected chi connectivity index (χ1v) is 23.7. The molecule has 4 N–H and O–H groups in total. The molecule has 0 spiro atoms. The second-order valence-electron chi connectivity index (χ2n) is 17.3. The number of fused-ring (bicyclic) bond motifs is 1. The van der Waals surface area contributed by atoms with Crippen molar-refractivity contribution < 1.29 is 56.3 Å². The van der Waals surface area contributed by atoms with Crippen molar-refractivity contribution in [3.8, 4) is 17.2 Å². The normalized spacial score (nSPS) is 13.3. The van der Waals surface area contributed by atoms with Crippen LogP contribution in [0.3, 0.4) is 0 Å². The average Bonchev–Trinajstić information content (AvgIpc) is 3.63. The number of rotatable bonds is 29. The molecule has 0 aliphatic carbocycles. The van der Waals surface area contributed by atoms with E-state index in [-0.39, 0.29) is 35.3 Å². The summed E-state index contributed by atoms with van der Waals surface area (Å²) in [5.74, 6) is -1.79. The summed E-state index contributed by atoms with van der Waals surface area (Å²) in [6.45, 7) is 7.44. The Bertz CT molecular complexity index is 2310. The highest BCUT2D eigenvalue weighted by Crippen LogP contribution is 2.34. The SMILES string of the molecule is CC(C)Cn1ncc2cc(Oc3ccc(F)cc3F)c(C(=O)NCC[N+](C)(C)Cc3cc(C(O)CNCCCCCCOCCCCc4ccccc4)ccc3OCOP(=O)([O-])O)cc21. The maximum absolute atomic E-state index is 14.7. The standard InChI is InChI=1S/C48H64F2N5O9P/c1-35(2)32-54-43-29-41(47(27-38(43)30-53-54)64-46-20-18-40(49)28-42(46)50)48(57)52-22-23-55(3,4)33-39-26-37(17-19-45(39)62-34-63-65(58,59)60)44(56)31-51-21-11-5-6-12-24-61-25-13-10-16-36-14-8-7-9-15-36/h7-9,14-15,17-20,26-30,35,44,51,56H,5-6,10-13,16,21-25,31-34H2,1-4H3,(H2-,52,57,58,59,60). The third kappa shape index (κ3) is 17.5. The second kappa shape index (κ2) is 25.2. The lowest BCUT2D eigenvalue weighted by Crippen LogP contribution is -2.44. The first kappa shape index (κ1) is 51.2. The number of hydrogen-bond donors (Lipinski definition) is 4. The molecule has 0 aliphatic rings. The van der Waals surface area contributed by atoms with E-state index in [2.05, 4.69) is 44.5 Å². The van der Waals surface area contributed by atoms with Gasteiger partial charge in [-0.3, -0.25) is 18.6 Å². The van der Waals surface area contributed by atoms with Crippen LogP contribution in [0.4, 0.5) is 8.78 Å². The summed E-state index contributed by atoms with van der Waals surface area (Å²) in [5.41, 5.74) is 3.42. The number of likely N-dealkylation sites (N-methyl/N-ethyl adjacent to an activating group) is 1. The highest BCUT2D eigenvalue weighted by molar-refractivity contribution is 7.44. The van der Waals surface area contributed by atoms with E-state index in [1.54, 1.807) is 41.2 Å². The smallest absolute Gasteiger partial charge is 0.268 e. The molecule has 1 heterocycles. The van der Waals surface area contributed by atoms with Crippen LogP contribution in [0.5, 0.6) is 17.2 Å². The molecule has 0 saturated heterocycles. The van der Waals surface area contributed by atoms with E-state index >= 15 is 0 Å². The number of hydrogen-bond acceptors (Lipinski definition) is 10. The predicted octanol–water partition coefficient (Wildman–Crippen LogP) is 7.81. The Morgan fingerprint density at radius 3 is 2.38 bits per heavy atom. The van der Waals surface area contributed by atoms with Crippen LogP contribution in [0.25, 0.3) is 10.9 Å². The number of aliphatic hydroxyl groups is 1. The molecule has 4 aromatic carbocycles. The van der Waals surface area contributed by atoms with Gasteiger partial charge in [0, 0.05) is 43.3 Å². The lowest BCUT2D eigenvalue weighted by atomic mass is 10.0. The molecule has 5 rings (SSSR count). The average molecular weight is 924 g/mol. The topological polar surface area (TPSA) is 176 Å². The Morgan fingerprint density at radius 2 is 1.65 bits per heavy atom. The van der Waals surface area contributed by atoms with Crippen LogP contribution in [-0.2, 0) is 33.3 Å². The number of nitrogens with one attached hydrogen (secondary N) is 2. The monoisotopic (exact) mass is 923 g/mol. The van der Waals surface area contributed by atoms with Crippen molar-refractivity contribution in [2.75, 3.05) is 60.3 Å². The number of aryl methyl sites for hydroxylation is 1. The van der Waals surface area contributed by atoms with Crippen molar-refractivity contribution in [2.45, 2.75) is 78.0 Å². The minimum absolute atomic E-state index is 0.0690. The molecule has 0 radical (unpaired) electrons. The largest absolute Gasteiger partial charge is 0.756 e. The lowest BCUT2D eigenvalue weighted by Gasteiger charge is -2.31. The molecule has 1 aromatic heterocycles. The van der Waals surface area contributed by atoms with Crippen molar-refractivity contribution in [3.63, 3.8) is 0 Å². The van der Waals surface area contributed by atoms with Gasteiger partial charge < -0.3 is 44.2 Å². The van der Waals surface area contributed by atoms with E-state index in [4.69, 9.17) is 19.1 Å². The molecule has 0 saturated carbocycles. The lowest BCUT2D eigenvalue weighted by molar-refractivity contribution is -0.902. The van der Waals surface area contributed by atoms with Crippen LogP contribution in [0.1, 0.15) is 85.5 Å². The summed E-state index contributed by atoms with van der Waals surface area (Å²) in [5, 5.41) is 22.6. The zero-order valence-corrected chi connectivity index (χ0v) is 38.7. The Kier molecular flexibility index (Phi) is 19.9. The highest BCUT2D eigenvalue weighted by Gasteiger charge is 2.24. The van der Waals surface area contributed by atoms with Gasteiger partial charge in [-0.25, -0.2) is 8.78 Å². The van der Waals surface area contributed by atoms with Crippen molar-refractivity contribution in [1.82, 2.24) is 20.4 Å². The summed E-state index contributed by atoms with van der Waals surface area (Å²) < 4.78 is 63.5. The number of aromatic nitrogens is 2. The van der Waals surface area contributed by atoms with Crippen LogP contribution in [-0.4, -0.2) is 90.5 Å². The number of benzene rings is 4. The summed E-state index contributed by atoms with van der Waals surface area (Å²) >= 11 is 0. The number of ether oxygens (including phenoxy) is 3. The number of unbranched alkanes of at least 4 members (excludes halogenated alkanes) is 4. The van der Waals surface area contributed by atoms with Crippen LogP contribution in [0.2, 0.25) is 0 Å². The summed E-state index contributed by atoms with van der Waals surface area (Å²) in [4.78, 5) is 34.2. The van der Waals surface area contributed by atoms with Gasteiger partial charge in [0.05, 0.1) is 50.6 Å². The zero-order chi connectivity index (χ0) is 46.8. The van der Waals surface area contributed by atoms with Crippen molar-refractivity contribution in [1.29, 1.82) is 0 Å². The van der Waals surface area contributed by atoms with E-state index in [0.29, 0.717) is 58.8 Å². The number of aliphatic hydroxyl groups excluding tert-OH is 1. The van der Waals surface area contributed by atoms with Gasteiger partial charge in [0.25, 0.3) is 13.7 Å². The molecule has 1 amide bonds. The van der Waals surface area contributed by atoms with E-state index < -0.39 is 38.3 Å². The Morgan fingerprint density at radius 1 is 0.908 bits per heavy atom. The molecule has 2 atom stereocenters.